The maximum Gasteiger partial charge on any atom is 0.191 e. The van der Waals surface area contributed by atoms with Gasteiger partial charge in [-0.1, -0.05) is 38.1 Å². The molecule has 0 amide bonds. The lowest BCUT2D eigenvalue weighted by atomic mass is 10.1. The number of hydrogen-bond donors (Lipinski definition) is 2. The highest BCUT2D eigenvalue weighted by molar-refractivity contribution is 14.0. The lowest BCUT2D eigenvalue weighted by Gasteiger charge is -2.16. The highest BCUT2D eigenvalue weighted by atomic mass is 127. The summed E-state index contributed by atoms with van der Waals surface area (Å²) < 4.78 is 0. The molecule has 0 aliphatic carbocycles. The second kappa shape index (κ2) is 11.7. The summed E-state index contributed by atoms with van der Waals surface area (Å²) >= 11 is 0. The average Bonchev–Trinajstić information content (AvgIpc) is 3.05. The molecule has 1 aliphatic rings. The van der Waals surface area contributed by atoms with E-state index < -0.39 is 0 Å². The summed E-state index contributed by atoms with van der Waals surface area (Å²) in [5, 5.41) is 6.89. The van der Waals surface area contributed by atoms with Gasteiger partial charge in [-0.05, 0) is 49.9 Å². The molecule has 24 heavy (non-hydrogen) atoms. The number of guanidine groups is 1. The predicted molar refractivity (Wildman–Crippen MR) is 114 cm³/mol. The molecule has 1 saturated heterocycles. The van der Waals surface area contributed by atoms with Crippen LogP contribution in [0.15, 0.2) is 29.3 Å². The van der Waals surface area contributed by atoms with Crippen molar-refractivity contribution in [3.63, 3.8) is 0 Å². The topological polar surface area (TPSA) is 39.7 Å². The van der Waals surface area contributed by atoms with Crippen LogP contribution in [0, 0.1) is 5.92 Å². The zero-order valence-electron chi connectivity index (χ0n) is 15.3. The van der Waals surface area contributed by atoms with E-state index in [9.17, 15) is 0 Å². The molecule has 2 N–H and O–H groups in total. The van der Waals surface area contributed by atoms with Crippen molar-refractivity contribution in [3.8, 4) is 0 Å². The minimum Gasteiger partial charge on any atom is -0.357 e. The van der Waals surface area contributed by atoms with Crippen LogP contribution in [-0.4, -0.2) is 43.6 Å². The summed E-state index contributed by atoms with van der Waals surface area (Å²) in [4.78, 5) is 7.30. The number of aliphatic imine (C=N–C) groups is 1. The number of hydrogen-bond acceptors (Lipinski definition) is 2. The van der Waals surface area contributed by atoms with Crippen molar-refractivity contribution in [2.24, 2.45) is 10.9 Å². The number of benzene rings is 1. The smallest absolute Gasteiger partial charge is 0.191 e. The molecule has 1 aliphatic heterocycles. The molecule has 0 bridgehead atoms. The molecule has 1 unspecified atom stereocenters. The highest BCUT2D eigenvalue weighted by Crippen LogP contribution is 2.14. The molecule has 1 atom stereocenters. The molecule has 0 spiro atoms. The fraction of sp³-hybridized carbons (Fsp3) is 0.632. The first-order valence-corrected chi connectivity index (χ1v) is 9.08. The fourth-order valence-corrected chi connectivity index (χ4v) is 3.17. The number of nitrogens with one attached hydrogen (secondary N) is 2. The number of rotatable bonds is 7. The normalized spacial score (nSPS) is 18.3. The summed E-state index contributed by atoms with van der Waals surface area (Å²) in [5.74, 6) is 1.68. The molecule has 1 aromatic carbocycles. The van der Waals surface area contributed by atoms with E-state index in [0.29, 0.717) is 0 Å². The molecule has 1 aromatic rings. The van der Waals surface area contributed by atoms with Crippen molar-refractivity contribution in [2.45, 2.75) is 40.2 Å². The second-order valence-electron chi connectivity index (χ2n) is 6.25. The van der Waals surface area contributed by atoms with E-state index in [1.807, 2.05) is 0 Å². The van der Waals surface area contributed by atoms with Gasteiger partial charge < -0.3 is 15.5 Å². The Hall–Kier alpha value is -0.820. The zero-order chi connectivity index (χ0) is 16.5. The van der Waals surface area contributed by atoms with Crippen LogP contribution in [0.5, 0.6) is 0 Å². The molecular weight excluding hydrogens is 411 g/mol. The van der Waals surface area contributed by atoms with Crippen LogP contribution in [0.3, 0.4) is 0 Å². The van der Waals surface area contributed by atoms with Crippen molar-refractivity contribution < 1.29 is 0 Å². The lowest BCUT2D eigenvalue weighted by molar-refractivity contribution is 0.342. The Labute approximate surface area is 164 Å². The van der Waals surface area contributed by atoms with Crippen LogP contribution in [0.2, 0.25) is 0 Å². The molecule has 0 radical (unpaired) electrons. The summed E-state index contributed by atoms with van der Waals surface area (Å²) in [6.45, 7) is 12.8. The van der Waals surface area contributed by atoms with Gasteiger partial charge in [-0.2, -0.15) is 0 Å². The van der Waals surface area contributed by atoms with Crippen molar-refractivity contribution in [3.05, 3.63) is 35.4 Å². The zero-order valence-corrected chi connectivity index (χ0v) is 17.7. The minimum atomic E-state index is 0. The maximum absolute atomic E-state index is 4.77. The van der Waals surface area contributed by atoms with Crippen LogP contribution in [0.1, 0.15) is 38.3 Å². The van der Waals surface area contributed by atoms with E-state index in [-0.39, 0.29) is 24.0 Å². The van der Waals surface area contributed by atoms with Gasteiger partial charge in [0.2, 0.25) is 0 Å². The van der Waals surface area contributed by atoms with Crippen LogP contribution in [-0.2, 0) is 13.0 Å². The third-order valence-corrected chi connectivity index (χ3v) is 4.63. The van der Waals surface area contributed by atoms with E-state index in [0.717, 1.165) is 37.9 Å². The number of nitrogens with zero attached hydrogens (tertiary/aromatic N) is 2. The molecule has 1 fully saturated rings. The number of halogens is 1. The first kappa shape index (κ1) is 21.2. The monoisotopic (exact) mass is 444 g/mol. The highest BCUT2D eigenvalue weighted by Gasteiger charge is 2.20. The van der Waals surface area contributed by atoms with Crippen molar-refractivity contribution >= 4 is 29.9 Å². The van der Waals surface area contributed by atoms with Crippen LogP contribution < -0.4 is 10.6 Å². The van der Waals surface area contributed by atoms with Gasteiger partial charge in [0, 0.05) is 19.6 Å². The SMILES string of the molecule is CCNC(=NCc1ccccc1CC)NCC1CCN(CC)C1.I. The van der Waals surface area contributed by atoms with Gasteiger partial charge in [0.15, 0.2) is 5.96 Å². The van der Waals surface area contributed by atoms with E-state index in [1.54, 1.807) is 0 Å². The quantitative estimate of drug-likeness (QED) is 0.385. The Morgan fingerprint density at radius 3 is 2.54 bits per heavy atom. The largest absolute Gasteiger partial charge is 0.357 e. The molecule has 0 saturated carbocycles. The Balaban J connectivity index is 0.00000288. The van der Waals surface area contributed by atoms with E-state index in [1.165, 1.54) is 37.2 Å². The van der Waals surface area contributed by atoms with Gasteiger partial charge in [0.05, 0.1) is 6.54 Å². The van der Waals surface area contributed by atoms with Crippen molar-refractivity contribution in [1.29, 1.82) is 0 Å². The van der Waals surface area contributed by atoms with Gasteiger partial charge in [0.25, 0.3) is 0 Å². The molecule has 136 valence electrons. The number of aryl methyl sites for hydroxylation is 1. The van der Waals surface area contributed by atoms with E-state index in [2.05, 4.69) is 60.6 Å². The van der Waals surface area contributed by atoms with Crippen LogP contribution >= 0.6 is 24.0 Å². The first-order chi connectivity index (χ1) is 11.3. The summed E-state index contributed by atoms with van der Waals surface area (Å²) in [6.07, 6.45) is 2.35. The predicted octanol–water partition coefficient (Wildman–Crippen LogP) is 3.26. The fourth-order valence-electron chi connectivity index (χ4n) is 3.17. The average molecular weight is 444 g/mol. The second-order valence-corrected chi connectivity index (χ2v) is 6.25. The molecule has 4 nitrogen and oxygen atoms in total. The summed E-state index contributed by atoms with van der Waals surface area (Å²) in [6, 6.07) is 8.59. The van der Waals surface area contributed by atoms with Gasteiger partial charge in [0.1, 0.15) is 0 Å². The molecular formula is C19H33IN4. The summed E-state index contributed by atoms with van der Waals surface area (Å²) in [5.41, 5.74) is 2.71. The third kappa shape index (κ3) is 6.59. The van der Waals surface area contributed by atoms with Gasteiger partial charge >= 0.3 is 0 Å². The van der Waals surface area contributed by atoms with Gasteiger partial charge in [-0.3, -0.25) is 0 Å². The third-order valence-electron chi connectivity index (χ3n) is 4.63. The minimum absolute atomic E-state index is 0. The Kier molecular flexibility index (Phi) is 10.3. The Morgan fingerprint density at radius 1 is 1.17 bits per heavy atom. The number of likely N-dealkylation sites (tertiary alicyclic amines) is 1. The lowest BCUT2D eigenvalue weighted by Crippen LogP contribution is -2.40. The molecule has 0 aromatic heterocycles. The van der Waals surface area contributed by atoms with Crippen LogP contribution in [0.25, 0.3) is 0 Å². The Morgan fingerprint density at radius 2 is 1.92 bits per heavy atom. The maximum atomic E-state index is 4.77. The Bertz CT molecular complexity index is 504. The molecule has 5 heteroatoms. The van der Waals surface area contributed by atoms with Crippen molar-refractivity contribution in [2.75, 3.05) is 32.7 Å². The van der Waals surface area contributed by atoms with E-state index in [4.69, 9.17) is 4.99 Å². The first-order valence-electron chi connectivity index (χ1n) is 9.08. The molecule has 2 rings (SSSR count). The molecule has 1 heterocycles. The van der Waals surface area contributed by atoms with Crippen LogP contribution in [0.4, 0.5) is 0 Å². The standard InChI is InChI=1S/C19H32N4.HI/c1-4-17-9-7-8-10-18(17)14-22-19(20-5-2)21-13-16-11-12-23(6-3)15-16;/h7-10,16H,4-6,11-15H2,1-3H3,(H2,20,21,22);1H. The van der Waals surface area contributed by atoms with E-state index >= 15 is 0 Å². The van der Waals surface area contributed by atoms with Gasteiger partial charge in [-0.15, -0.1) is 24.0 Å². The van der Waals surface area contributed by atoms with Crippen molar-refractivity contribution in [1.82, 2.24) is 15.5 Å². The van der Waals surface area contributed by atoms with Gasteiger partial charge in [-0.25, -0.2) is 4.99 Å². The summed E-state index contributed by atoms with van der Waals surface area (Å²) in [7, 11) is 0.